The lowest BCUT2D eigenvalue weighted by Crippen LogP contribution is -2.47. The van der Waals surface area contributed by atoms with Crippen LogP contribution in [0.15, 0.2) is 95.2 Å². The molecule has 0 amide bonds. The van der Waals surface area contributed by atoms with Gasteiger partial charge < -0.3 is 10.1 Å². The summed E-state index contributed by atoms with van der Waals surface area (Å²) in [4.78, 5) is 2.65. The summed E-state index contributed by atoms with van der Waals surface area (Å²) in [5.74, 6) is 0.697. The maximum absolute atomic E-state index is 12.5. The minimum atomic E-state index is -3.62. The number of aromatic nitrogens is 1. The van der Waals surface area contributed by atoms with Crippen molar-refractivity contribution in [2.24, 2.45) is 0 Å². The van der Waals surface area contributed by atoms with Gasteiger partial charge in [0.25, 0.3) is 10.0 Å². The molecule has 2 N–H and O–H groups in total. The van der Waals surface area contributed by atoms with Crippen LogP contribution in [0.25, 0.3) is 11.1 Å². The second-order valence-corrected chi connectivity index (χ2v) is 10.8. The van der Waals surface area contributed by atoms with Gasteiger partial charge in [-0.3, -0.25) is 9.62 Å². The smallest absolute Gasteiger partial charge is 0.261 e. The van der Waals surface area contributed by atoms with E-state index in [-0.39, 0.29) is 10.9 Å². The third-order valence-corrected chi connectivity index (χ3v) is 8.20. The summed E-state index contributed by atoms with van der Waals surface area (Å²) in [6.45, 7) is 3.98. The standard InChI is InChI=1S/C27H28N4O3S2/c32-36(33,24-9-5-2-6-10-24)30-22-11-13-23(14-12-22)34-18-17-31-16-15-28-19-26(31)27-25(20-35-29-27)21-7-3-1-4-8-21/h1-14,20,26,28,30H,15-19H2. The molecule has 0 bridgehead atoms. The van der Waals surface area contributed by atoms with Crippen molar-refractivity contribution in [2.75, 3.05) is 37.5 Å². The van der Waals surface area contributed by atoms with E-state index in [9.17, 15) is 8.42 Å². The van der Waals surface area contributed by atoms with E-state index in [1.807, 2.05) is 6.07 Å². The van der Waals surface area contributed by atoms with Crippen LogP contribution in [0.1, 0.15) is 11.7 Å². The van der Waals surface area contributed by atoms with Crippen molar-refractivity contribution < 1.29 is 13.2 Å². The van der Waals surface area contributed by atoms with Crippen molar-refractivity contribution in [3.63, 3.8) is 0 Å². The first-order chi connectivity index (χ1) is 17.6. The van der Waals surface area contributed by atoms with E-state index < -0.39 is 10.0 Å². The van der Waals surface area contributed by atoms with Crippen LogP contribution in [0.4, 0.5) is 5.69 Å². The van der Waals surface area contributed by atoms with E-state index in [4.69, 9.17) is 9.11 Å². The third kappa shape index (κ3) is 5.76. The Morgan fingerprint density at radius 3 is 2.47 bits per heavy atom. The highest BCUT2D eigenvalue weighted by Gasteiger charge is 2.28. The second-order valence-electron chi connectivity index (χ2n) is 8.53. The number of anilines is 1. The van der Waals surface area contributed by atoms with Gasteiger partial charge in [0.2, 0.25) is 0 Å². The zero-order valence-electron chi connectivity index (χ0n) is 19.7. The van der Waals surface area contributed by atoms with Crippen LogP contribution in [-0.2, 0) is 10.0 Å². The molecule has 1 aliphatic heterocycles. The van der Waals surface area contributed by atoms with Gasteiger partial charge in [0.05, 0.1) is 16.6 Å². The molecule has 186 valence electrons. The van der Waals surface area contributed by atoms with Crippen LogP contribution in [0, 0.1) is 0 Å². The number of hydrogen-bond donors (Lipinski definition) is 2. The SMILES string of the molecule is O=S(=O)(Nc1ccc(OCCN2CCNCC2c2nscc2-c2ccccc2)cc1)c1ccccc1. The predicted molar refractivity (Wildman–Crippen MR) is 144 cm³/mol. The molecule has 1 unspecified atom stereocenters. The van der Waals surface area contributed by atoms with Crippen LogP contribution in [0.3, 0.4) is 0 Å². The van der Waals surface area contributed by atoms with Crippen molar-refractivity contribution >= 4 is 27.2 Å². The van der Waals surface area contributed by atoms with Gasteiger partial charge in [-0.1, -0.05) is 48.5 Å². The monoisotopic (exact) mass is 520 g/mol. The number of rotatable bonds is 9. The Kier molecular flexibility index (Phi) is 7.62. The third-order valence-electron chi connectivity index (χ3n) is 6.16. The fraction of sp³-hybridized carbons (Fsp3) is 0.222. The van der Waals surface area contributed by atoms with Crippen LogP contribution in [0.2, 0.25) is 0 Å². The molecule has 4 aromatic rings. The Morgan fingerprint density at radius 2 is 1.72 bits per heavy atom. The number of nitrogens with zero attached hydrogens (tertiary/aromatic N) is 2. The summed E-state index contributed by atoms with van der Waals surface area (Å²) in [6, 6.07) is 25.9. The molecule has 1 aliphatic rings. The Morgan fingerprint density at radius 1 is 1.00 bits per heavy atom. The number of sulfonamides is 1. The highest BCUT2D eigenvalue weighted by molar-refractivity contribution is 7.92. The summed E-state index contributed by atoms with van der Waals surface area (Å²) in [6.07, 6.45) is 0. The highest BCUT2D eigenvalue weighted by Crippen LogP contribution is 2.32. The normalized spacial score (nSPS) is 16.5. The van der Waals surface area contributed by atoms with E-state index in [0.29, 0.717) is 18.0 Å². The Bertz CT molecular complexity index is 1360. The predicted octanol–water partition coefficient (Wildman–Crippen LogP) is 4.64. The zero-order chi connectivity index (χ0) is 24.8. The average Bonchev–Trinajstić information content (AvgIpc) is 3.41. The second kappa shape index (κ2) is 11.2. The van der Waals surface area contributed by atoms with E-state index in [0.717, 1.165) is 31.9 Å². The molecule has 0 spiro atoms. The molecule has 1 fully saturated rings. The zero-order valence-corrected chi connectivity index (χ0v) is 21.3. The molecule has 0 saturated carbocycles. The molecular formula is C27H28N4O3S2. The number of nitrogens with one attached hydrogen (secondary N) is 2. The fourth-order valence-corrected chi connectivity index (χ4v) is 6.14. The summed E-state index contributed by atoms with van der Waals surface area (Å²) >= 11 is 1.50. The molecule has 5 rings (SSSR count). The maximum atomic E-state index is 12.5. The maximum Gasteiger partial charge on any atom is 0.261 e. The van der Waals surface area contributed by atoms with Crippen LogP contribution in [0.5, 0.6) is 5.75 Å². The number of benzene rings is 3. The number of ether oxygens (including phenoxy) is 1. The molecule has 0 aliphatic carbocycles. The van der Waals surface area contributed by atoms with E-state index >= 15 is 0 Å². The van der Waals surface area contributed by atoms with Crippen LogP contribution in [-0.4, -0.2) is 50.5 Å². The van der Waals surface area contributed by atoms with Crippen LogP contribution >= 0.6 is 11.5 Å². The number of piperazine rings is 1. The minimum Gasteiger partial charge on any atom is -0.492 e. The first-order valence-corrected chi connectivity index (χ1v) is 14.2. The van der Waals surface area contributed by atoms with Gasteiger partial charge in [0, 0.05) is 42.8 Å². The first kappa shape index (κ1) is 24.5. The molecule has 36 heavy (non-hydrogen) atoms. The molecule has 1 aromatic heterocycles. The minimum absolute atomic E-state index is 0.179. The summed E-state index contributed by atoms with van der Waals surface area (Å²) < 4.78 is 38.4. The summed E-state index contributed by atoms with van der Waals surface area (Å²) in [5.41, 5.74) is 3.97. The van der Waals surface area contributed by atoms with Gasteiger partial charge in [-0.2, -0.15) is 4.37 Å². The summed E-state index contributed by atoms with van der Waals surface area (Å²) in [5, 5.41) is 5.63. The molecular weight excluding hydrogens is 492 g/mol. The van der Waals surface area contributed by atoms with Crippen LogP contribution < -0.4 is 14.8 Å². The molecule has 9 heteroatoms. The van der Waals surface area contributed by atoms with Crippen molar-refractivity contribution in [1.29, 1.82) is 0 Å². The first-order valence-electron chi connectivity index (χ1n) is 11.9. The van der Waals surface area contributed by atoms with Crippen molar-refractivity contribution in [2.45, 2.75) is 10.9 Å². The molecule has 1 saturated heterocycles. The van der Waals surface area contributed by atoms with Gasteiger partial charge in [-0.25, -0.2) is 8.42 Å². The molecule has 2 heterocycles. The quantitative estimate of drug-likeness (QED) is 0.335. The molecule has 7 nitrogen and oxygen atoms in total. The van der Waals surface area contributed by atoms with Gasteiger partial charge in [0.15, 0.2) is 0 Å². The largest absolute Gasteiger partial charge is 0.492 e. The Balaban J connectivity index is 1.19. The van der Waals surface area contributed by atoms with Gasteiger partial charge in [0.1, 0.15) is 12.4 Å². The lowest BCUT2D eigenvalue weighted by Gasteiger charge is -2.35. The molecule has 1 atom stereocenters. The van der Waals surface area contributed by atoms with Gasteiger partial charge >= 0.3 is 0 Å². The fourth-order valence-electron chi connectivity index (χ4n) is 4.32. The lowest BCUT2D eigenvalue weighted by atomic mass is 10.0. The molecule has 0 radical (unpaired) electrons. The lowest BCUT2D eigenvalue weighted by molar-refractivity contribution is 0.132. The Hall–Kier alpha value is -3.24. The molecule has 3 aromatic carbocycles. The average molecular weight is 521 g/mol. The summed E-state index contributed by atoms with van der Waals surface area (Å²) in [7, 11) is -3.62. The Labute approximate surface area is 216 Å². The van der Waals surface area contributed by atoms with Crippen molar-refractivity contribution in [1.82, 2.24) is 14.6 Å². The van der Waals surface area contributed by atoms with Gasteiger partial charge in [-0.15, -0.1) is 0 Å². The van der Waals surface area contributed by atoms with Crippen molar-refractivity contribution in [3.8, 4) is 16.9 Å². The highest BCUT2D eigenvalue weighted by atomic mass is 32.2. The van der Waals surface area contributed by atoms with E-state index in [2.05, 4.69) is 44.6 Å². The number of hydrogen-bond acceptors (Lipinski definition) is 7. The van der Waals surface area contributed by atoms with E-state index in [1.54, 1.807) is 54.6 Å². The van der Waals surface area contributed by atoms with Crippen molar-refractivity contribution in [3.05, 3.63) is 96.0 Å². The van der Waals surface area contributed by atoms with Gasteiger partial charge in [-0.05, 0) is 53.5 Å². The van der Waals surface area contributed by atoms with E-state index in [1.165, 1.54) is 22.7 Å². The topological polar surface area (TPSA) is 83.6 Å².